The molecular weight excluding hydrogens is 168 g/mol. The second-order valence-electron chi connectivity index (χ2n) is 2.42. The molecule has 0 aliphatic rings. The molecule has 2 rings (SSSR count). The van der Waals surface area contributed by atoms with Crippen LogP contribution in [-0.4, -0.2) is 21.4 Å². The third kappa shape index (κ3) is 2.05. The highest BCUT2D eigenvalue weighted by molar-refractivity contribution is 5.78. The van der Waals surface area contributed by atoms with E-state index in [1.165, 1.54) is 10.9 Å². The van der Waals surface area contributed by atoms with Gasteiger partial charge in [-0.15, -0.1) is 0 Å². The first kappa shape index (κ1) is 9.25. The molecule has 13 heavy (non-hydrogen) atoms. The first-order valence-corrected chi connectivity index (χ1v) is 3.67. The lowest BCUT2D eigenvalue weighted by atomic mass is 10.3. The Morgan fingerprint density at radius 2 is 2.08 bits per heavy atom. The fraction of sp³-hybridized carbons (Fsp3) is 0.111. The lowest BCUT2D eigenvalue weighted by Gasteiger charge is -1.90. The summed E-state index contributed by atoms with van der Waals surface area (Å²) in [6.45, 7) is 0.500. The van der Waals surface area contributed by atoms with Crippen molar-refractivity contribution < 1.29 is 9.90 Å². The van der Waals surface area contributed by atoms with Gasteiger partial charge in [-0.25, -0.2) is 4.79 Å². The summed E-state index contributed by atoms with van der Waals surface area (Å²) >= 11 is 0. The van der Waals surface area contributed by atoms with E-state index in [2.05, 4.69) is 17.2 Å². The predicted molar refractivity (Wildman–Crippen MR) is 49.0 cm³/mol. The van der Waals surface area contributed by atoms with Crippen LogP contribution in [0.25, 0.3) is 10.9 Å². The van der Waals surface area contributed by atoms with Gasteiger partial charge in [-0.1, -0.05) is 18.2 Å². The predicted octanol–water partition coefficient (Wildman–Crippen LogP) is 1.18. The number of nitrogens with zero attached hydrogens (tertiary/aromatic N) is 2. The van der Waals surface area contributed by atoms with Crippen LogP contribution in [0.1, 0.15) is 0 Å². The molecule has 0 saturated carbocycles. The van der Waals surface area contributed by atoms with Crippen molar-refractivity contribution in [1.82, 2.24) is 9.78 Å². The zero-order valence-corrected chi connectivity index (χ0v) is 7.14. The number of aliphatic hydroxyl groups excluding tert-OH is 1. The molecule has 4 nitrogen and oxygen atoms in total. The van der Waals surface area contributed by atoms with Gasteiger partial charge in [0.15, 0.2) is 0 Å². The van der Waals surface area contributed by atoms with Crippen molar-refractivity contribution >= 4 is 17.4 Å². The Morgan fingerprint density at radius 1 is 1.46 bits per heavy atom. The van der Waals surface area contributed by atoms with Crippen LogP contribution < -0.4 is 0 Å². The zero-order valence-electron chi connectivity index (χ0n) is 7.14. The minimum absolute atomic E-state index is 0.500. The number of rotatable bonds is 0. The van der Waals surface area contributed by atoms with E-state index in [1.807, 2.05) is 30.1 Å². The normalized spacial score (nSPS) is 9.00. The molecule has 0 amide bonds. The molecule has 4 heteroatoms. The van der Waals surface area contributed by atoms with Crippen molar-refractivity contribution in [3.05, 3.63) is 30.5 Å². The molecule has 2 aromatic rings. The van der Waals surface area contributed by atoms with Crippen LogP contribution in [0.3, 0.4) is 0 Å². The van der Waals surface area contributed by atoms with E-state index in [1.54, 1.807) is 0 Å². The largest absolute Gasteiger partial charge is 0.473 e. The maximum absolute atomic E-state index is 8.24. The number of para-hydroxylation sites is 1. The Morgan fingerprint density at radius 3 is 2.69 bits per heavy atom. The quantitative estimate of drug-likeness (QED) is 0.657. The number of fused-ring (bicyclic) bond motifs is 1. The average molecular weight is 177 g/mol. The number of hydrogen-bond acceptors (Lipinski definition) is 2. The van der Waals surface area contributed by atoms with Crippen LogP contribution in [0.2, 0.25) is 0 Å². The van der Waals surface area contributed by atoms with E-state index in [0.717, 1.165) is 0 Å². The molecule has 0 fully saturated rings. The smallest absolute Gasteiger partial charge is 0.414 e. The van der Waals surface area contributed by atoms with Crippen molar-refractivity contribution in [1.29, 1.82) is 0 Å². The van der Waals surface area contributed by atoms with Crippen LogP contribution in [0.15, 0.2) is 30.5 Å². The Labute approximate surface area is 75.4 Å². The maximum Gasteiger partial charge on any atom is 0.414 e. The van der Waals surface area contributed by atoms with Crippen LogP contribution in [-0.2, 0) is 11.8 Å². The molecule has 0 aliphatic carbocycles. The Hall–Kier alpha value is -1.84. The molecule has 0 bridgehead atoms. The van der Waals surface area contributed by atoms with Crippen molar-refractivity contribution in [3.8, 4) is 0 Å². The van der Waals surface area contributed by atoms with E-state index in [0.29, 0.717) is 6.47 Å². The van der Waals surface area contributed by atoms with Crippen molar-refractivity contribution in [2.75, 3.05) is 0 Å². The van der Waals surface area contributed by atoms with Crippen LogP contribution in [0.5, 0.6) is 0 Å². The summed E-state index contributed by atoms with van der Waals surface area (Å²) in [6, 6.07) is 8.15. The summed E-state index contributed by atoms with van der Waals surface area (Å²) in [5.41, 5.74) is 1.18. The van der Waals surface area contributed by atoms with Gasteiger partial charge in [-0.05, 0) is 6.07 Å². The Bertz CT molecular complexity index is 395. The minimum atomic E-state index is 0.500. The van der Waals surface area contributed by atoms with Gasteiger partial charge in [0.2, 0.25) is 0 Å². The van der Waals surface area contributed by atoms with E-state index >= 15 is 0 Å². The van der Waals surface area contributed by atoms with E-state index in [9.17, 15) is 0 Å². The van der Waals surface area contributed by atoms with Crippen LogP contribution >= 0.6 is 0 Å². The summed E-state index contributed by atoms with van der Waals surface area (Å²) in [7, 11) is 1.95. The van der Waals surface area contributed by atoms with Gasteiger partial charge < -0.3 is 5.11 Å². The molecule has 1 aromatic heterocycles. The highest BCUT2D eigenvalue weighted by atomic mass is 16.3. The number of benzene rings is 1. The number of hydrogen-bond donors (Lipinski definition) is 1. The maximum atomic E-state index is 8.24. The first-order valence-electron chi connectivity index (χ1n) is 3.67. The highest BCUT2D eigenvalue weighted by Crippen LogP contribution is 2.09. The van der Waals surface area contributed by atoms with Crippen LogP contribution in [0, 0.1) is 0 Å². The second-order valence-corrected chi connectivity index (χ2v) is 2.42. The summed E-state index contributed by atoms with van der Waals surface area (Å²) in [5, 5.41) is 12.1. The molecule has 0 saturated heterocycles. The molecule has 1 radical (unpaired) electrons. The van der Waals surface area contributed by atoms with E-state index < -0.39 is 0 Å². The lowest BCUT2D eigenvalue weighted by molar-refractivity contribution is 0.437. The fourth-order valence-electron chi connectivity index (χ4n) is 1.10. The van der Waals surface area contributed by atoms with Crippen molar-refractivity contribution in [2.45, 2.75) is 0 Å². The second kappa shape index (κ2) is 4.25. The van der Waals surface area contributed by atoms with Gasteiger partial charge in [-0.3, -0.25) is 4.68 Å². The molecule has 0 atom stereocenters. The molecule has 0 aliphatic heterocycles. The van der Waals surface area contributed by atoms with Gasteiger partial charge in [0, 0.05) is 12.4 Å². The summed E-state index contributed by atoms with van der Waals surface area (Å²) < 4.78 is 1.87. The lowest BCUT2D eigenvalue weighted by Crippen LogP contribution is -1.87. The summed E-state index contributed by atoms with van der Waals surface area (Å²) in [5.74, 6) is 0. The standard InChI is InChI=1S/C8H8N2.CHO2/c1-10-8-5-3-2-4-7(8)6-9-10;2-1-3/h2-6H,1H3;(H,2,3). The molecule has 0 unspecified atom stereocenters. The SMILES string of the molecule is Cn1ncc2ccccc21.O=[C]O. The van der Waals surface area contributed by atoms with Gasteiger partial charge in [-0.2, -0.15) is 5.10 Å². The average Bonchev–Trinajstić information content (AvgIpc) is 2.50. The fourth-order valence-corrected chi connectivity index (χ4v) is 1.10. The highest BCUT2D eigenvalue weighted by Gasteiger charge is 1.93. The van der Waals surface area contributed by atoms with Crippen molar-refractivity contribution in [2.24, 2.45) is 7.05 Å². The van der Waals surface area contributed by atoms with Gasteiger partial charge in [0.1, 0.15) is 0 Å². The van der Waals surface area contributed by atoms with Gasteiger partial charge in [0.05, 0.1) is 11.7 Å². The zero-order chi connectivity index (χ0) is 9.68. The third-order valence-electron chi connectivity index (χ3n) is 1.66. The third-order valence-corrected chi connectivity index (χ3v) is 1.66. The van der Waals surface area contributed by atoms with Crippen LogP contribution in [0.4, 0.5) is 0 Å². The number of aryl methyl sites for hydroxylation is 1. The van der Waals surface area contributed by atoms with E-state index in [-0.39, 0.29) is 0 Å². The van der Waals surface area contributed by atoms with Gasteiger partial charge >= 0.3 is 6.47 Å². The number of aromatic nitrogens is 2. The molecule has 67 valence electrons. The van der Waals surface area contributed by atoms with Crippen molar-refractivity contribution in [3.63, 3.8) is 0 Å². The molecule has 1 aromatic carbocycles. The summed E-state index contributed by atoms with van der Waals surface area (Å²) in [4.78, 5) is 8.24. The molecule has 1 N–H and O–H groups in total. The topological polar surface area (TPSA) is 55.1 Å². The monoisotopic (exact) mass is 177 g/mol. The minimum Gasteiger partial charge on any atom is -0.473 e. The molecule has 1 heterocycles. The molecular formula is C9H9N2O2. The first-order chi connectivity index (χ1) is 6.29. The summed E-state index contributed by atoms with van der Waals surface area (Å²) in [6.07, 6.45) is 1.87. The Kier molecular flexibility index (Phi) is 3.03. The molecule has 0 spiro atoms. The van der Waals surface area contributed by atoms with Gasteiger partial charge in [0.25, 0.3) is 0 Å². The Balaban J connectivity index is 0.000000251. The van der Waals surface area contributed by atoms with E-state index in [4.69, 9.17) is 9.90 Å².